The predicted octanol–water partition coefficient (Wildman–Crippen LogP) is 3.20. The van der Waals surface area contributed by atoms with E-state index in [9.17, 15) is 0 Å². The minimum absolute atomic E-state index is 0.513. The second-order valence-corrected chi connectivity index (χ2v) is 6.76. The van der Waals surface area contributed by atoms with Crippen LogP contribution in [0.2, 0.25) is 0 Å². The molecule has 0 bridgehead atoms. The summed E-state index contributed by atoms with van der Waals surface area (Å²) in [6.45, 7) is 2.31. The van der Waals surface area contributed by atoms with E-state index in [2.05, 4.69) is 45.3 Å². The lowest BCUT2D eigenvalue weighted by atomic mass is 9.93. The molecule has 20 heavy (non-hydrogen) atoms. The van der Waals surface area contributed by atoms with Gasteiger partial charge in [0.15, 0.2) is 0 Å². The molecule has 110 valence electrons. The molecular weight excluding hydrogens is 316 g/mol. The van der Waals surface area contributed by atoms with Gasteiger partial charge in [0, 0.05) is 16.6 Å². The fourth-order valence-electron chi connectivity index (χ4n) is 3.48. The fraction of sp³-hybridized carbons (Fsp3) is 0.625. The summed E-state index contributed by atoms with van der Waals surface area (Å²) in [6.07, 6.45) is 4.01. The van der Waals surface area contributed by atoms with Gasteiger partial charge in [-0.1, -0.05) is 15.9 Å². The maximum absolute atomic E-state index is 5.42. The zero-order valence-electron chi connectivity index (χ0n) is 12.2. The molecule has 1 aromatic rings. The van der Waals surface area contributed by atoms with E-state index in [0.717, 1.165) is 18.3 Å². The first-order valence-corrected chi connectivity index (χ1v) is 8.27. The first-order chi connectivity index (χ1) is 9.74. The third-order valence-corrected chi connectivity index (χ3v) is 5.29. The molecule has 4 heteroatoms. The Balaban J connectivity index is 1.93. The van der Waals surface area contributed by atoms with Crippen LogP contribution >= 0.6 is 15.9 Å². The highest BCUT2D eigenvalue weighted by Crippen LogP contribution is 2.46. The van der Waals surface area contributed by atoms with Gasteiger partial charge in [-0.2, -0.15) is 0 Å². The molecule has 2 fully saturated rings. The van der Waals surface area contributed by atoms with Crippen molar-refractivity contribution in [2.24, 2.45) is 5.92 Å². The van der Waals surface area contributed by atoms with Crippen LogP contribution < -0.4 is 10.1 Å². The summed E-state index contributed by atoms with van der Waals surface area (Å²) in [7, 11) is 3.79. The average molecular weight is 339 g/mol. The van der Waals surface area contributed by atoms with Crippen molar-refractivity contribution in [2.45, 2.75) is 31.3 Å². The van der Waals surface area contributed by atoms with Crippen LogP contribution in [0.15, 0.2) is 22.7 Å². The highest BCUT2D eigenvalue weighted by molar-refractivity contribution is 9.10. The summed E-state index contributed by atoms with van der Waals surface area (Å²) in [6, 6.07) is 7.67. The maximum atomic E-state index is 5.42. The lowest BCUT2D eigenvalue weighted by Gasteiger charge is -2.29. The Kier molecular flexibility index (Phi) is 4.34. The van der Waals surface area contributed by atoms with Crippen molar-refractivity contribution in [3.63, 3.8) is 0 Å². The molecule has 1 aliphatic heterocycles. The number of nitrogens with one attached hydrogen (secondary N) is 1. The van der Waals surface area contributed by atoms with Crippen molar-refractivity contribution in [2.75, 3.05) is 27.2 Å². The number of methoxy groups -OCH3 is 1. The Morgan fingerprint density at radius 1 is 1.35 bits per heavy atom. The molecule has 2 aliphatic rings. The van der Waals surface area contributed by atoms with Gasteiger partial charge in [-0.15, -0.1) is 0 Å². The second-order valence-electron chi connectivity index (χ2n) is 5.91. The SMILES string of the molecule is CNCC1CCN(C2CC2)C1c1cc(OC)ccc1Br. The minimum atomic E-state index is 0.513. The molecule has 2 unspecified atom stereocenters. The molecule has 1 N–H and O–H groups in total. The summed E-state index contributed by atoms with van der Waals surface area (Å²) >= 11 is 3.74. The van der Waals surface area contributed by atoms with Crippen LogP contribution in [0.5, 0.6) is 5.75 Å². The smallest absolute Gasteiger partial charge is 0.119 e. The number of likely N-dealkylation sites (tertiary alicyclic amines) is 1. The molecule has 3 rings (SSSR count). The quantitative estimate of drug-likeness (QED) is 0.892. The summed E-state index contributed by atoms with van der Waals surface area (Å²) in [5.41, 5.74) is 1.38. The van der Waals surface area contributed by atoms with E-state index < -0.39 is 0 Å². The van der Waals surface area contributed by atoms with Gasteiger partial charge < -0.3 is 10.1 Å². The van der Waals surface area contributed by atoms with Gasteiger partial charge in [0.2, 0.25) is 0 Å². The van der Waals surface area contributed by atoms with Crippen LogP contribution in [0.4, 0.5) is 0 Å². The Morgan fingerprint density at radius 3 is 2.80 bits per heavy atom. The largest absolute Gasteiger partial charge is 0.497 e. The maximum Gasteiger partial charge on any atom is 0.119 e. The van der Waals surface area contributed by atoms with Gasteiger partial charge in [-0.25, -0.2) is 0 Å². The van der Waals surface area contributed by atoms with E-state index in [1.54, 1.807) is 7.11 Å². The number of rotatable bonds is 5. The summed E-state index contributed by atoms with van der Waals surface area (Å²) < 4.78 is 6.63. The molecule has 1 aromatic carbocycles. The van der Waals surface area contributed by atoms with Gasteiger partial charge in [0.1, 0.15) is 5.75 Å². The molecule has 0 radical (unpaired) electrons. The predicted molar refractivity (Wildman–Crippen MR) is 85.2 cm³/mol. The molecule has 0 aromatic heterocycles. The van der Waals surface area contributed by atoms with E-state index >= 15 is 0 Å². The number of benzene rings is 1. The van der Waals surface area contributed by atoms with Crippen LogP contribution in [0.3, 0.4) is 0 Å². The summed E-state index contributed by atoms with van der Waals surface area (Å²) in [5, 5.41) is 3.36. The van der Waals surface area contributed by atoms with Crippen LogP contribution in [0.1, 0.15) is 30.9 Å². The van der Waals surface area contributed by atoms with E-state index in [1.165, 1.54) is 35.8 Å². The molecule has 1 saturated heterocycles. The first-order valence-electron chi connectivity index (χ1n) is 7.48. The Hall–Kier alpha value is -0.580. The minimum Gasteiger partial charge on any atom is -0.497 e. The standard InChI is InChI=1S/C16H23BrN2O/c1-18-10-11-7-8-19(12-3-4-12)16(11)14-9-13(20-2)5-6-15(14)17/h5-6,9,11-12,16,18H,3-4,7-8,10H2,1-2H3. The Morgan fingerprint density at radius 2 is 2.15 bits per heavy atom. The third kappa shape index (κ3) is 2.74. The van der Waals surface area contributed by atoms with Crippen molar-refractivity contribution >= 4 is 15.9 Å². The molecule has 3 nitrogen and oxygen atoms in total. The molecule has 1 aliphatic carbocycles. The average Bonchev–Trinajstić information content (AvgIpc) is 3.22. The Bertz CT molecular complexity index is 476. The van der Waals surface area contributed by atoms with Gasteiger partial charge in [0.25, 0.3) is 0 Å². The van der Waals surface area contributed by atoms with Crippen molar-refractivity contribution in [1.82, 2.24) is 10.2 Å². The van der Waals surface area contributed by atoms with E-state index in [-0.39, 0.29) is 0 Å². The molecule has 1 saturated carbocycles. The normalized spacial score (nSPS) is 26.9. The zero-order valence-corrected chi connectivity index (χ0v) is 13.8. The molecule has 0 spiro atoms. The Labute approximate surface area is 129 Å². The highest BCUT2D eigenvalue weighted by atomic mass is 79.9. The fourth-order valence-corrected chi connectivity index (χ4v) is 3.96. The van der Waals surface area contributed by atoms with Crippen molar-refractivity contribution < 1.29 is 4.74 Å². The number of halogens is 1. The van der Waals surface area contributed by atoms with Gasteiger partial charge in [-0.05, 0) is 69.1 Å². The molecular formula is C16H23BrN2O. The first kappa shape index (κ1) is 14.4. The van der Waals surface area contributed by atoms with Gasteiger partial charge in [0.05, 0.1) is 7.11 Å². The lowest BCUT2D eigenvalue weighted by molar-refractivity contribution is 0.216. The van der Waals surface area contributed by atoms with Crippen LogP contribution in [-0.4, -0.2) is 38.2 Å². The number of hydrogen-bond donors (Lipinski definition) is 1. The number of ether oxygens (including phenoxy) is 1. The molecule has 2 atom stereocenters. The van der Waals surface area contributed by atoms with Gasteiger partial charge in [-0.3, -0.25) is 4.90 Å². The number of nitrogens with zero attached hydrogens (tertiary/aromatic N) is 1. The number of hydrogen-bond acceptors (Lipinski definition) is 3. The van der Waals surface area contributed by atoms with Crippen molar-refractivity contribution in [3.05, 3.63) is 28.2 Å². The zero-order chi connectivity index (χ0) is 14.1. The van der Waals surface area contributed by atoms with E-state index in [1.807, 2.05) is 6.07 Å². The van der Waals surface area contributed by atoms with Crippen LogP contribution in [0, 0.1) is 5.92 Å². The van der Waals surface area contributed by atoms with Crippen LogP contribution in [-0.2, 0) is 0 Å². The van der Waals surface area contributed by atoms with E-state index in [0.29, 0.717) is 12.0 Å². The summed E-state index contributed by atoms with van der Waals surface area (Å²) in [4.78, 5) is 2.71. The van der Waals surface area contributed by atoms with Crippen molar-refractivity contribution in [1.29, 1.82) is 0 Å². The van der Waals surface area contributed by atoms with E-state index in [4.69, 9.17) is 4.74 Å². The highest BCUT2D eigenvalue weighted by Gasteiger charge is 2.43. The molecule has 0 amide bonds. The topological polar surface area (TPSA) is 24.5 Å². The van der Waals surface area contributed by atoms with Crippen molar-refractivity contribution in [3.8, 4) is 5.75 Å². The monoisotopic (exact) mass is 338 g/mol. The summed E-state index contributed by atoms with van der Waals surface area (Å²) in [5.74, 6) is 1.64. The van der Waals surface area contributed by atoms with Gasteiger partial charge >= 0.3 is 0 Å². The van der Waals surface area contributed by atoms with Crippen LogP contribution in [0.25, 0.3) is 0 Å². The second kappa shape index (κ2) is 6.04. The lowest BCUT2D eigenvalue weighted by Crippen LogP contribution is -2.31. The third-order valence-electron chi connectivity index (χ3n) is 4.57. The molecule has 1 heterocycles.